The van der Waals surface area contributed by atoms with Crippen LogP contribution in [0, 0.1) is 16.0 Å². The van der Waals surface area contributed by atoms with Crippen LogP contribution < -0.4 is 11.1 Å². The number of hydrogen-bond donors (Lipinski definition) is 1. The third kappa shape index (κ3) is 5.82. The Kier molecular flexibility index (Phi) is 7.24. The molecule has 0 aliphatic rings. The Bertz CT molecular complexity index is 1080. The van der Waals surface area contributed by atoms with E-state index in [9.17, 15) is 19.7 Å². The van der Waals surface area contributed by atoms with Crippen molar-refractivity contribution in [2.45, 2.75) is 39.3 Å². The van der Waals surface area contributed by atoms with Crippen LogP contribution in [0.25, 0.3) is 11.1 Å². The van der Waals surface area contributed by atoms with Crippen molar-refractivity contribution >= 4 is 22.7 Å². The van der Waals surface area contributed by atoms with E-state index in [1.54, 1.807) is 12.1 Å². The Balaban J connectivity index is 1.58. The molecule has 0 radical (unpaired) electrons. The predicted molar refractivity (Wildman–Crippen MR) is 112 cm³/mol. The van der Waals surface area contributed by atoms with Crippen molar-refractivity contribution in [1.29, 1.82) is 0 Å². The highest BCUT2D eigenvalue weighted by Crippen LogP contribution is 2.20. The van der Waals surface area contributed by atoms with Crippen LogP contribution in [0.15, 0.2) is 50.2 Å². The number of benzene rings is 1. The summed E-state index contributed by atoms with van der Waals surface area (Å²) in [6.45, 7) is 5.19. The van der Waals surface area contributed by atoms with Crippen LogP contribution in [0.2, 0.25) is 0 Å². The minimum absolute atomic E-state index is 0.142. The van der Waals surface area contributed by atoms with Gasteiger partial charge in [-0.2, -0.15) is 0 Å². The number of non-ortho nitro benzene ring substituents is 1. The number of carbonyl (C=O) groups is 1. The molecule has 0 aliphatic carbocycles. The molecule has 1 N–H and O–H groups in total. The van der Waals surface area contributed by atoms with Crippen molar-refractivity contribution in [2.24, 2.45) is 5.92 Å². The van der Waals surface area contributed by atoms with E-state index in [1.807, 2.05) is 13.8 Å². The monoisotopic (exact) mass is 431 g/mol. The summed E-state index contributed by atoms with van der Waals surface area (Å²) in [5, 5.41) is 13.8. The van der Waals surface area contributed by atoms with Gasteiger partial charge >= 0.3 is 5.76 Å². The van der Waals surface area contributed by atoms with Crippen LogP contribution in [-0.4, -0.2) is 28.6 Å². The third-order valence-electron chi connectivity index (χ3n) is 4.61. The first-order valence-electron chi connectivity index (χ1n) is 10.0. The van der Waals surface area contributed by atoms with E-state index in [0.717, 1.165) is 0 Å². The summed E-state index contributed by atoms with van der Waals surface area (Å²) in [6.07, 6.45) is 2.10. The van der Waals surface area contributed by atoms with Crippen molar-refractivity contribution in [3.63, 3.8) is 0 Å². The molecule has 1 atom stereocenters. The van der Waals surface area contributed by atoms with E-state index in [-0.39, 0.29) is 30.1 Å². The van der Waals surface area contributed by atoms with Gasteiger partial charge in [-0.1, -0.05) is 13.8 Å². The fourth-order valence-corrected chi connectivity index (χ4v) is 3.15. The average molecular weight is 431 g/mol. The van der Waals surface area contributed by atoms with Crippen molar-refractivity contribution < 1.29 is 23.3 Å². The first kappa shape index (κ1) is 22.3. The van der Waals surface area contributed by atoms with Gasteiger partial charge in [-0.05, 0) is 30.5 Å². The van der Waals surface area contributed by atoms with E-state index in [4.69, 9.17) is 13.6 Å². The smallest absolute Gasteiger partial charge is 0.419 e. The molecule has 0 saturated carbocycles. The SMILES string of the molecule is CC(C)COCC(NC(=O)CCCn1c(=O)oc2cc([N+](=O)[O-])ccc21)c1ccco1. The second kappa shape index (κ2) is 10.1. The maximum atomic E-state index is 12.4. The number of aryl methyl sites for hydroxylation is 1. The molecule has 0 saturated heterocycles. The van der Waals surface area contributed by atoms with Gasteiger partial charge in [-0.15, -0.1) is 0 Å². The summed E-state index contributed by atoms with van der Waals surface area (Å²) in [6, 6.07) is 7.12. The van der Waals surface area contributed by atoms with Crippen LogP contribution >= 0.6 is 0 Å². The van der Waals surface area contributed by atoms with Crippen molar-refractivity contribution in [3.05, 3.63) is 63.0 Å². The topological polar surface area (TPSA) is 130 Å². The maximum absolute atomic E-state index is 12.4. The summed E-state index contributed by atoms with van der Waals surface area (Å²) in [4.78, 5) is 34.9. The Morgan fingerprint density at radius 2 is 2.10 bits per heavy atom. The number of ether oxygens (including phenoxy) is 1. The summed E-state index contributed by atoms with van der Waals surface area (Å²) < 4.78 is 17.5. The number of nitro benzene ring substituents is 1. The van der Waals surface area contributed by atoms with Gasteiger partial charge in [0.1, 0.15) is 11.8 Å². The van der Waals surface area contributed by atoms with Crippen molar-refractivity contribution in [1.82, 2.24) is 9.88 Å². The van der Waals surface area contributed by atoms with E-state index < -0.39 is 16.7 Å². The van der Waals surface area contributed by atoms with E-state index in [0.29, 0.717) is 36.8 Å². The zero-order chi connectivity index (χ0) is 22.4. The number of furan rings is 1. The van der Waals surface area contributed by atoms with Gasteiger partial charge in [0, 0.05) is 25.6 Å². The largest absolute Gasteiger partial charge is 0.467 e. The van der Waals surface area contributed by atoms with Crippen LogP contribution in [0.5, 0.6) is 0 Å². The fraction of sp³-hybridized carbons (Fsp3) is 0.429. The maximum Gasteiger partial charge on any atom is 0.419 e. The number of nitro groups is 1. The molecule has 3 rings (SSSR count). The van der Waals surface area contributed by atoms with Crippen LogP contribution in [0.4, 0.5) is 5.69 Å². The summed E-state index contributed by atoms with van der Waals surface area (Å²) in [5.74, 6) is 0.158. The summed E-state index contributed by atoms with van der Waals surface area (Å²) in [5.41, 5.74) is 0.437. The Morgan fingerprint density at radius 1 is 1.29 bits per heavy atom. The second-order valence-electron chi connectivity index (χ2n) is 7.60. The molecule has 0 fully saturated rings. The molecule has 0 spiro atoms. The Morgan fingerprint density at radius 3 is 2.77 bits per heavy atom. The first-order chi connectivity index (χ1) is 14.8. The van der Waals surface area contributed by atoms with E-state index in [1.165, 1.54) is 29.0 Å². The number of carbonyl (C=O) groups excluding carboxylic acids is 1. The normalized spacial score (nSPS) is 12.4. The highest BCUT2D eigenvalue weighted by Gasteiger charge is 2.18. The molecule has 3 aromatic rings. The number of nitrogens with zero attached hydrogens (tertiary/aromatic N) is 2. The Labute approximate surface area is 177 Å². The Hall–Kier alpha value is -3.40. The molecule has 10 heteroatoms. The number of hydrogen-bond acceptors (Lipinski definition) is 7. The van der Waals surface area contributed by atoms with Crippen molar-refractivity contribution in [3.8, 4) is 0 Å². The van der Waals surface area contributed by atoms with Crippen LogP contribution in [-0.2, 0) is 16.1 Å². The number of fused-ring (bicyclic) bond motifs is 1. The third-order valence-corrected chi connectivity index (χ3v) is 4.61. The number of aromatic nitrogens is 1. The molecule has 1 unspecified atom stereocenters. The zero-order valence-electron chi connectivity index (χ0n) is 17.4. The number of rotatable bonds is 11. The molecule has 10 nitrogen and oxygen atoms in total. The zero-order valence-corrected chi connectivity index (χ0v) is 17.4. The van der Waals surface area contributed by atoms with Crippen LogP contribution in [0.1, 0.15) is 38.5 Å². The molecule has 166 valence electrons. The lowest BCUT2D eigenvalue weighted by molar-refractivity contribution is -0.384. The van der Waals surface area contributed by atoms with Gasteiger partial charge in [0.15, 0.2) is 5.58 Å². The summed E-state index contributed by atoms with van der Waals surface area (Å²) >= 11 is 0. The van der Waals surface area contributed by atoms with Gasteiger partial charge in [0.05, 0.1) is 29.4 Å². The number of amides is 1. The lowest BCUT2D eigenvalue weighted by Gasteiger charge is -2.17. The molecule has 1 aromatic carbocycles. The minimum Gasteiger partial charge on any atom is -0.467 e. The molecule has 1 amide bonds. The highest BCUT2D eigenvalue weighted by molar-refractivity contribution is 5.77. The van der Waals surface area contributed by atoms with Gasteiger partial charge in [-0.3, -0.25) is 19.5 Å². The average Bonchev–Trinajstić information content (AvgIpc) is 3.34. The van der Waals surface area contributed by atoms with Crippen LogP contribution in [0.3, 0.4) is 0 Å². The van der Waals surface area contributed by atoms with E-state index >= 15 is 0 Å². The lowest BCUT2D eigenvalue weighted by atomic mass is 10.2. The predicted octanol–water partition coefficient (Wildman–Crippen LogP) is 3.41. The lowest BCUT2D eigenvalue weighted by Crippen LogP contribution is -2.31. The van der Waals surface area contributed by atoms with Crippen molar-refractivity contribution in [2.75, 3.05) is 13.2 Å². The molecule has 0 aliphatic heterocycles. The molecule has 2 aromatic heterocycles. The quantitative estimate of drug-likeness (QED) is 0.364. The first-order valence-corrected chi connectivity index (χ1v) is 10.0. The highest BCUT2D eigenvalue weighted by atomic mass is 16.6. The minimum atomic E-state index is -0.619. The van der Waals surface area contributed by atoms with Gasteiger partial charge in [0.2, 0.25) is 5.91 Å². The van der Waals surface area contributed by atoms with Gasteiger partial charge < -0.3 is 18.9 Å². The van der Waals surface area contributed by atoms with Gasteiger partial charge in [0.25, 0.3) is 5.69 Å². The molecule has 31 heavy (non-hydrogen) atoms. The molecular weight excluding hydrogens is 406 g/mol. The summed E-state index contributed by atoms with van der Waals surface area (Å²) in [7, 11) is 0. The fourth-order valence-electron chi connectivity index (χ4n) is 3.15. The molecule has 0 bridgehead atoms. The standard InChI is InChI=1S/C21H25N3O7/c1-14(2)12-29-13-16(18-5-4-10-30-18)22-20(25)6-3-9-23-17-8-7-15(24(27)28)11-19(17)31-21(23)26/h4-5,7-8,10-11,14,16H,3,6,9,12-13H2,1-2H3,(H,22,25). The van der Waals surface area contributed by atoms with Gasteiger partial charge in [-0.25, -0.2) is 4.79 Å². The molecule has 2 heterocycles. The number of nitrogens with one attached hydrogen (secondary N) is 1. The molecular formula is C21H25N3O7. The second-order valence-corrected chi connectivity index (χ2v) is 7.60. The number of oxazole rings is 1. The van der Waals surface area contributed by atoms with E-state index in [2.05, 4.69) is 5.32 Å².